The minimum absolute atomic E-state index is 0.0997. The van der Waals surface area contributed by atoms with E-state index < -0.39 is 0 Å². The molecule has 0 saturated heterocycles. The first-order valence-corrected chi connectivity index (χ1v) is 7.61. The SMILES string of the molecule is O=C(NCc1ccccc1F)c1cc2c3c(c1)CC(=O)N3CC2. The number of rotatable bonds is 3. The zero-order chi connectivity index (χ0) is 16.0. The van der Waals surface area contributed by atoms with Gasteiger partial charge in [0.15, 0.2) is 0 Å². The fourth-order valence-electron chi connectivity index (χ4n) is 3.33. The predicted molar refractivity (Wildman–Crippen MR) is 83.8 cm³/mol. The van der Waals surface area contributed by atoms with Gasteiger partial charge >= 0.3 is 0 Å². The molecular formula is C18H15FN2O2. The summed E-state index contributed by atoms with van der Waals surface area (Å²) in [6.45, 7) is 0.838. The van der Waals surface area contributed by atoms with Crippen molar-refractivity contribution in [2.24, 2.45) is 0 Å². The Hall–Kier alpha value is -2.69. The van der Waals surface area contributed by atoms with Crippen LogP contribution in [0.4, 0.5) is 10.1 Å². The number of carbonyl (C=O) groups excluding carboxylic acids is 2. The highest BCUT2D eigenvalue weighted by Gasteiger charge is 2.34. The van der Waals surface area contributed by atoms with E-state index >= 15 is 0 Å². The van der Waals surface area contributed by atoms with E-state index in [0.717, 1.165) is 23.2 Å². The van der Waals surface area contributed by atoms with Crippen LogP contribution in [0, 0.1) is 5.82 Å². The third-order valence-electron chi connectivity index (χ3n) is 4.44. The van der Waals surface area contributed by atoms with Crippen LogP contribution in [-0.2, 0) is 24.2 Å². The topological polar surface area (TPSA) is 49.4 Å². The normalized spacial score (nSPS) is 15.0. The van der Waals surface area contributed by atoms with Gasteiger partial charge < -0.3 is 10.2 Å². The smallest absolute Gasteiger partial charge is 0.251 e. The van der Waals surface area contributed by atoms with Crippen LogP contribution >= 0.6 is 0 Å². The summed E-state index contributed by atoms with van der Waals surface area (Å²) in [6, 6.07) is 9.99. The fraction of sp³-hybridized carbons (Fsp3) is 0.222. The molecule has 2 amide bonds. The molecule has 116 valence electrons. The van der Waals surface area contributed by atoms with Crippen LogP contribution in [0.5, 0.6) is 0 Å². The Bertz CT molecular complexity index is 832. The molecule has 2 heterocycles. The largest absolute Gasteiger partial charge is 0.348 e. The first kappa shape index (κ1) is 13.9. The molecular weight excluding hydrogens is 295 g/mol. The Morgan fingerprint density at radius 2 is 2.00 bits per heavy atom. The molecule has 4 rings (SSSR count). The lowest BCUT2D eigenvalue weighted by molar-refractivity contribution is -0.117. The predicted octanol–water partition coefficient (Wildman–Crippen LogP) is 2.20. The number of nitrogens with one attached hydrogen (secondary N) is 1. The molecule has 2 aromatic carbocycles. The van der Waals surface area contributed by atoms with E-state index in [-0.39, 0.29) is 24.2 Å². The number of carbonyl (C=O) groups is 2. The van der Waals surface area contributed by atoms with Gasteiger partial charge in [-0.15, -0.1) is 0 Å². The van der Waals surface area contributed by atoms with E-state index in [4.69, 9.17) is 0 Å². The molecule has 0 fully saturated rings. The van der Waals surface area contributed by atoms with E-state index in [1.807, 2.05) is 6.07 Å². The molecule has 1 N–H and O–H groups in total. The van der Waals surface area contributed by atoms with Crippen LogP contribution in [0.25, 0.3) is 0 Å². The summed E-state index contributed by atoms with van der Waals surface area (Å²) in [5.74, 6) is -0.477. The maximum Gasteiger partial charge on any atom is 0.251 e. The van der Waals surface area contributed by atoms with Gasteiger partial charge in [0.1, 0.15) is 5.82 Å². The number of halogens is 1. The Kier molecular flexibility index (Phi) is 3.15. The molecule has 0 radical (unpaired) electrons. The lowest BCUT2D eigenvalue weighted by atomic mass is 10.0. The average Bonchev–Trinajstić information content (AvgIpc) is 3.11. The number of anilines is 1. The van der Waals surface area contributed by atoms with Gasteiger partial charge in [0.05, 0.1) is 12.1 Å². The van der Waals surface area contributed by atoms with Crippen molar-refractivity contribution in [3.8, 4) is 0 Å². The van der Waals surface area contributed by atoms with E-state index in [1.165, 1.54) is 6.07 Å². The summed E-state index contributed by atoms with van der Waals surface area (Å²) in [4.78, 5) is 26.1. The molecule has 5 heteroatoms. The highest BCUT2D eigenvalue weighted by molar-refractivity contribution is 6.05. The third kappa shape index (κ3) is 2.29. The summed E-state index contributed by atoms with van der Waals surface area (Å²) in [5, 5.41) is 2.75. The van der Waals surface area contributed by atoms with Gasteiger partial charge in [-0.3, -0.25) is 9.59 Å². The molecule has 2 aliphatic heterocycles. The Morgan fingerprint density at radius 1 is 1.22 bits per heavy atom. The second-order valence-electron chi connectivity index (χ2n) is 5.89. The van der Waals surface area contributed by atoms with Crippen molar-refractivity contribution < 1.29 is 14.0 Å². The monoisotopic (exact) mass is 310 g/mol. The van der Waals surface area contributed by atoms with Crippen molar-refractivity contribution in [1.82, 2.24) is 5.32 Å². The minimum atomic E-state index is -0.332. The van der Waals surface area contributed by atoms with E-state index in [2.05, 4.69) is 5.32 Å². The molecule has 0 aromatic heterocycles. The summed E-state index contributed by atoms with van der Waals surface area (Å²) in [6.07, 6.45) is 1.14. The summed E-state index contributed by atoms with van der Waals surface area (Å²) >= 11 is 0. The number of hydrogen-bond acceptors (Lipinski definition) is 2. The first-order chi connectivity index (χ1) is 11.1. The van der Waals surface area contributed by atoms with E-state index in [1.54, 1.807) is 29.2 Å². The highest BCUT2D eigenvalue weighted by Crippen LogP contribution is 2.38. The maximum absolute atomic E-state index is 13.6. The number of amides is 2. The number of hydrogen-bond donors (Lipinski definition) is 1. The van der Waals surface area contributed by atoms with Crippen LogP contribution in [0.15, 0.2) is 36.4 Å². The molecule has 2 aromatic rings. The zero-order valence-corrected chi connectivity index (χ0v) is 12.4. The number of nitrogens with zero attached hydrogens (tertiary/aromatic N) is 1. The third-order valence-corrected chi connectivity index (χ3v) is 4.44. The van der Waals surface area contributed by atoms with Crippen LogP contribution < -0.4 is 10.2 Å². The molecule has 0 atom stereocenters. The number of benzene rings is 2. The van der Waals surface area contributed by atoms with E-state index in [9.17, 15) is 14.0 Å². The second kappa shape index (κ2) is 5.19. The van der Waals surface area contributed by atoms with Crippen molar-refractivity contribution in [1.29, 1.82) is 0 Å². The van der Waals surface area contributed by atoms with Gasteiger partial charge in [0, 0.05) is 24.2 Å². The first-order valence-electron chi connectivity index (χ1n) is 7.61. The van der Waals surface area contributed by atoms with Crippen molar-refractivity contribution in [3.05, 3.63) is 64.5 Å². The summed E-state index contributed by atoms with van der Waals surface area (Å²) in [5.41, 5.74) is 3.94. The molecule has 2 aliphatic rings. The zero-order valence-electron chi connectivity index (χ0n) is 12.4. The van der Waals surface area contributed by atoms with Crippen LogP contribution in [0.3, 0.4) is 0 Å². The Labute approximate surface area is 132 Å². The van der Waals surface area contributed by atoms with Gasteiger partial charge in [-0.25, -0.2) is 4.39 Å². The van der Waals surface area contributed by atoms with Crippen molar-refractivity contribution in [2.75, 3.05) is 11.4 Å². The highest BCUT2D eigenvalue weighted by atomic mass is 19.1. The van der Waals surface area contributed by atoms with Crippen LogP contribution in [0.2, 0.25) is 0 Å². The minimum Gasteiger partial charge on any atom is -0.348 e. The average molecular weight is 310 g/mol. The molecule has 23 heavy (non-hydrogen) atoms. The molecule has 0 bridgehead atoms. The quantitative estimate of drug-likeness (QED) is 0.945. The lowest BCUT2D eigenvalue weighted by Gasteiger charge is -2.10. The van der Waals surface area contributed by atoms with Crippen LogP contribution in [0.1, 0.15) is 27.0 Å². The fourth-order valence-corrected chi connectivity index (χ4v) is 3.33. The van der Waals surface area contributed by atoms with Gasteiger partial charge in [-0.1, -0.05) is 18.2 Å². The standard InChI is InChI=1S/C18H15FN2O2/c19-15-4-2-1-3-12(15)10-20-18(23)14-7-11-5-6-21-16(22)9-13(8-14)17(11)21/h1-4,7-8H,5-6,9-10H2,(H,20,23). The Morgan fingerprint density at radius 3 is 2.83 bits per heavy atom. The second-order valence-corrected chi connectivity index (χ2v) is 5.89. The van der Waals surface area contributed by atoms with E-state index in [0.29, 0.717) is 24.1 Å². The Balaban J connectivity index is 1.55. The van der Waals surface area contributed by atoms with Gasteiger partial charge in [-0.2, -0.15) is 0 Å². The lowest BCUT2D eigenvalue weighted by Crippen LogP contribution is -2.24. The molecule has 4 nitrogen and oxygen atoms in total. The molecule has 0 spiro atoms. The van der Waals surface area contributed by atoms with Gasteiger partial charge in [-0.05, 0) is 35.7 Å². The van der Waals surface area contributed by atoms with Crippen molar-refractivity contribution in [3.63, 3.8) is 0 Å². The molecule has 0 aliphatic carbocycles. The maximum atomic E-state index is 13.6. The van der Waals surface area contributed by atoms with Crippen molar-refractivity contribution in [2.45, 2.75) is 19.4 Å². The van der Waals surface area contributed by atoms with Crippen LogP contribution in [-0.4, -0.2) is 18.4 Å². The van der Waals surface area contributed by atoms with Gasteiger partial charge in [0.25, 0.3) is 5.91 Å². The molecule has 0 saturated carbocycles. The summed E-state index contributed by atoms with van der Waals surface area (Å²) in [7, 11) is 0. The molecule has 0 unspecified atom stereocenters. The van der Waals surface area contributed by atoms with Crippen molar-refractivity contribution >= 4 is 17.5 Å². The van der Waals surface area contributed by atoms with Gasteiger partial charge in [0.2, 0.25) is 5.91 Å². The summed E-state index contributed by atoms with van der Waals surface area (Å²) < 4.78 is 13.6.